The third-order valence-corrected chi connectivity index (χ3v) is 3.60. The molecule has 0 atom stereocenters. The van der Waals surface area contributed by atoms with E-state index in [2.05, 4.69) is 4.72 Å². The van der Waals surface area contributed by atoms with Gasteiger partial charge in [0.15, 0.2) is 0 Å². The van der Waals surface area contributed by atoms with Crippen LogP contribution >= 0.6 is 11.9 Å². The van der Waals surface area contributed by atoms with Gasteiger partial charge in [-0.25, -0.2) is 4.79 Å². The zero-order chi connectivity index (χ0) is 11.9. The second-order valence-electron chi connectivity index (χ2n) is 4.18. The highest BCUT2D eigenvalue weighted by atomic mass is 32.2. The van der Waals surface area contributed by atoms with Crippen LogP contribution in [0.2, 0.25) is 0 Å². The van der Waals surface area contributed by atoms with E-state index in [4.69, 9.17) is 4.74 Å². The number of carbonyl (C=O) groups excluding carboxylic acids is 1. The smallest absolute Gasteiger partial charge is 0.417 e. The zero-order valence-electron chi connectivity index (χ0n) is 9.72. The van der Waals surface area contributed by atoms with Crippen molar-refractivity contribution in [1.29, 1.82) is 0 Å². The maximum atomic E-state index is 11.5. The molecule has 1 amide bonds. The summed E-state index contributed by atoms with van der Waals surface area (Å²) < 4.78 is 8.04. The van der Waals surface area contributed by atoms with Crippen molar-refractivity contribution < 1.29 is 9.53 Å². The molecule has 1 saturated carbocycles. The van der Waals surface area contributed by atoms with Crippen LogP contribution in [0.3, 0.4) is 0 Å². The van der Waals surface area contributed by atoms with E-state index in [1.54, 1.807) is 0 Å². The van der Waals surface area contributed by atoms with Crippen LogP contribution in [0.25, 0.3) is 0 Å². The van der Waals surface area contributed by atoms with Gasteiger partial charge in [0, 0.05) is 4.90 Å². The van der Waals surface area contributed by atoms with Crippen molar-refractivity contribution in [2.45, 2.75) is 43.1 Å². The first kappa shape index (κ1) is 12.3. The molecule has 1 N–H and O–H groups in total. The number of amides is 1. The van der Waals surface area contributed by atoms with E-state index in [1.807, 2.05) is 30.3 Å². The minimum Gasteiger partial charge on any atom is -0.446 e. The molecule has 0 bridgehead atoms. The van der Waals surface area contributed by atoms with E-state index in [0.717, 1.165) is 17.7 Å². The standard InChI is InChI=1S/C13H17NO2S/c15-13(16-11-7-3-1-4-8-11)14-17-12-9-5-2-6-10-12/h2,5-6,9-11H,1,3-4,7-8H2,(H,14,15). The predicted molar refractivity (Wildman–Crippen MR) is 68.8 cm³/mol. The van der Waals surface area contributed by atoms with Crippen molar-refractivity contribution in [3.05, 3.63) is 30.3 Å². The number of ether oxygens (including phenoxy) is 1. The van der Waals surface area contributed by atoms with Gasteiger partial charge in [0.2, 0.25) is 0 Å². The van der Waals surface area contributed by atoms with E-state index in [1.165, 1.54) is 31.2 Å². The van der Waals surface area contributed by atoms with Crippen LogP contribution in [-0.2, 0) is 4.74 Å². The van der Waals surface area contributed by atoms with Gasteiger partial charge in [-0.15, -0.1) is 0 Å². The first-order valence-electron chi connectivity index (χ1n) is 6.03. The lowest BCUT2D eigenvalue weighted by molar-refractivity contribution is 0.0803. The van der Waals surface area contributed by atoms with Crippen LogP contribution in [0.15, 0.2) is 35.2 Å². The summed E-state index contributed by atoms with van der Waals surface area (Å²) in [5.74, 6) is 0. The summed E-state index contributed by atoms with van der Waals surface area (Å²) in [6, 6.07) is 9.73. The van der Waals surface area contributed by atoms with Gasteiger partial charge in [-0.2, -0.15) is 0 Å². The lowest BCUT2D eigenvalue weighted by Gasteiger charge is -2.21. The SMILES string of the molecule is O=C(NSc1ccccc1)OC1CCCCC1. The third-order valence-electron chi connectivity index (χ3n) is 2.82. The molecular weight excluding hydrogens is 234 g/mol. The van der Waals surface area contributed by atoms with Gasteiger partial charge in [0.25, 0.3) is 0 Å². The number of hydrogen-bond donors (Lipinski definition) is 1. The van der Waals surface area contributed by atoms with Gasteiger partial charge in [-0.3, -0.25) is 4.72 Å². The van der Waals surface area contributed by atoms with Gasteiger partial charge in [-0.1, -0.05) is 24.6 Å². The van der Waals surface area contributed by atoms with Crippen molar-refractivity contribution in [2.75, 3.05) is 0 Å². The van der Waals surface area contributed by atoms with Gasteiger partial charge in [0.05, 0.1) is 0 Å². The summed E-state index contributed by atoms with van der Waals surface area (Å²) in [6.07, 6.45) is 5.39. The van der Waals surface area contributed by atoms with E-state index in [-0.39, 0.29) is 12.2 Å². The summed E-state index contributed by atoms with van der Waals surface area (Å²) in [5, 5.41) is 0. The van der Waals surface area contributed by atoms with Crippen molar-refractivity contribution >= 4 is 18.0 Å². The monoisotopic (exact) mass is 251 g/mol. The van der Waals surface area contributed by atoms with Crippen LogP contribution in [0.5, 0.6) is 0 Å². The number of carbonyl (C=O) groups is 1. The molecule has 1 aromatic carbocycles. The first-order valence-corrected chi connectivity index (χ1v) is 6.85. The molecule has 1 aliphatic rings. The quantitative estimate of drug-likeness (QED) is 0.831. The highest BCUT2D eigenvalue weighted by molar-refractivity contribution is 7.98. The Labute approximate surface area is 106 Å². The number of nitrogens with one attached hydrogen (secondary N) is 1. The molecular formula is C13H17NO2S. The van der Waals surface area contributed by atoms with Gasteiger partial charge in [0.1, 0.15) is 6.10 Å². The fourth-order valence-electron chi connectivity index (χ4n) is 1.95. The third kappa shape index (κ3) is 4.30. The predicted octanol–water partition coefficient (Wildman–Crippen LogP) is 3.75. The van der Waals surface area contributed by atoms with Gasteiger partial charge in [-0.05, 0) is 49.8 Å². The summed E-state index contributed by atoms with van der Waals surface area (Å²) in [4.78, 5) is 12.5. The molecule has 2 rings (SSSR count). The summed E-state index contributed by atoms with van der Waals surface area (Å²) in [5.41, 5.74) is 0. The normalized spacial score (nSPS) is 16.5. The maximum absolute atomic E-state index is 11.5. The molecule has 0 saturated heterocycles. The van der Waals surface area contributed by atoms with Crippen molar-refractivity contribution in [1.82, 2.24) is 4.72 Å². The molecule has 1 aromatic rings. The van der Waals surface area contributed by atoms with Gasteiger partial charge < -0.3 is 4.74 Å². The fourth-order valence-corrected chi connectivity index (χ4v) is 2.49. The molecule has 0 unspecified atom stereocenters. The zero-order valence-corrected chi connectivity index (χ0v) is 10.5. The summed E-state index contributed by atoms with van der Waals surface area (Å²) in [6.45, 7) is 0. The molecule has 0 aliphatic heterocycles. The minimum atomic E-state index is -0.328. The first-order chi connectivity index (χ1) is 8.34. The van der Waals surface area contributed by atoms with Crippen molar-refractivity contribution in [2.24, 2.45) is 0 Å². The van der Waals surface area contributed by atoms with E-state index >= 15 is 0 Å². The van der Waals surface area contributed by atoms with Crippen molar-refractivity contribution in [3.63, 3.8) is 0 Å². The minimum absolute atomic E-state index is 0.111. The Morgan fingerprint density at radius 2 is 1.88 bits per heavy atom. The van der Waals surface area contributed by atoms with Crippen LogP contribution < -0.4 is 4.72 Å². The Kier molecular flexibility index (Phi) is 4.74. The topological polar surface area (TPSA) is 38.3 Å². The van der Waals surface area contributed by atoms with E-state index < -0.39 is 0 Å². The Hall–Kier alpha value is -1.16. The molecule has 92 valence electrons. The fraction of sp³-hybridized carbons (Fsp3) is 0.462. The number of hydrogen-bond acceptors (Lipinski definition) is 3. The molecule has 0 spiro atoms. The lowest BCUT2D eigenvalue weighted by Crippen LogP contribution is -2.26. The second-order valence-corrected chi connectivity index (χ2v) is 5.06. The molecule has 3 nitrogen and oxygen atoms in total. The second kappa shape index (κ2) is 6.55. The molecule has 1 fully saturated rings. The molecule has 0 aromatic heterocycles. The number of rotatable bonds is 3. The highest BCUT2D eigenvalue weighted by Gasteiger charge is 2.17. The van der Waals surface area contributed by atoms with Crippen molar-refractivity contribution in [3.8, 4) is 0 Å². The molecule has 1 aliphatic carbocycles. The molecule has 17 heavy (non-hydrogen) atoms. The highest BCUT2D eigenvalue weighted by Crippen LogP contribution is 2.21. The lowest BCUT2D eigenvalue weighted by atomic mass is 9.98. The average molecular weight is 251 g/mol. The largest absolute Gasteiger partial charge is 0.446 e. The van der Waals surface area contributed by atoms with Crippen LogP contribution in [0.1, 0.15) is 32.1 Å². The molecule has 4 heteroatoms. The van der Waals surface area contributed by atoms with Crippen LogP contribution in [0, 0.1) is 0 Å². The molecule has 0 radical (unpaired) electrons. The molecule has 0 heterocycles. The Morgan fingerprint density at radius 1 is 1.18 bits per heavy atom. The average Bonchev–Trinajstić information content (AvgIpc) is 2.39. The Bertz CT molecular complexity index is 350. The Balaban J connectivity index is 1.70. The van der Waals surface area contributed by atoms with Crippen LogP contribution in [-0.4, -0.2) is 12.2 Å². The summed E-state index contributed by atoms with van der Waals surface area (Å²) >= 11 is 1.29. The maximum Gasteiger partial charge on any atom is 0.417 e. The van der Waals surface area contributed by atoms with Crippen LogP contribution in [0.4, 0.5) is 4.79 Å². The van der Waals surface area contributed by atoms with Gasteiger partial charge >= 0.3 is 6.09 Å². The number of benzene rings is 1. The van der Waals surface area contributed by atoms with E-state index in [0.29, 0.717) is 0 Å². The Morgan fingerprint density at radius 3 is 2.59 bits per heavy atom. The summed E-state index contributed by atoms with van der Waals surface area (Å²) in [7, 11) is 0. The van der Waals surface area contributed by atoms with E-state index in [9.17, 15) is 4.79 Å².